The van der Waals surface area contributed by atoms with Gasteiger partial charge in [-0.1, -0.05) is 46.4 Å². The normalized spacial score (nSPS) is 18.2. The molecule has 5 nitrogen and oxygen atoms in total. The number of nitrogens with zero attached hydrogens (tertiary/aromatic N) is 1. The van der Waals surface area contributed by atoms with Crippen LogP contribution in [0.5, 0.6) is 0 Å². The topological polar surface area (TPSA) is 70.6 Å². The van der Waals surface area contributed by atoms with Gasteiger partial charge in [-0.25, -0.2) is 9.82 Å². The van der Waals surface area contributed by atoms with Crippen molar-refractivity contribution in [3.63, 3.8) is 0 Å². The number of hydrogen-bond donors (Lipinski definition) is 2. The summed E-state index contributed by atoms with van der Waals surface area (Å²) in [7, 11) is 0. The van der Waals surface area contributed by atoms with Crippen LogP contribution in [0.1, 0.15) is 33.0 Å². The quantitative estimate of drug-likeness (QED) is 0.179. The summed E-state index contributed by atoms with van der Waals surface area (Å²) in [5, 5.41) is 7.43. The highest BCUT2D eigenvalue weighted by molar-refractivity contribution is 6.53. The molecule has 4 rings (SSSR count). The molecular formula is C25H17Cl5FN3O2. The minimum atomic E-state index is -1.36. The molecule has 3 aromatic rings. The predicted octanol–water partition coefficient (Wildman–Crippen LogP) is 7.38. The summed E-state index contributed by atoms with van der Waals surface area (Å²) in [4.78, 5) is 25.6. The van der Waals surface area contributed by atoms with Crippen LogP contribution in [0.25, 0.3) is 0 Å². The van der Waals surface area contributed by atoms with Crippen molar-refractivity contribution in [1.29, 1.82) is 0 Å². The first-order valence-corrected chi connectivity index (χ1v) is 12.4. The van der Waals surface area contributed by atoms with Gasteiger partial charge in [-0.15, -0.1) is 23.2 Å². The zero-order valence-electron chi connectivity index (χ0n) is 18.5. The molecule has 0 aliphatic heterocycles. The second kappa shape index (κ2) is 10.6. The van der Waals surface area contributed by atoms with Crippen LogP contribution in [0.3, 0.4) is 0 Å². The maximum Gasteiger partial charge on any atom is 0.272 e. The van der Waals surface area contributed by atoms with Crippen LogP contribution in [-0.4, -0.2) is 22.4 Å². The molecule has 11 heteroatoms. The summed E-state index contributed by atoms with van der Waals surface area (Å²) < 4.78 is 12.5. The average Bonchev–Trinajstić information content (AvgIpc) is 3.38. The van der Waals surface area contributed by atoms with Crippen molar-refractivity contribution in [2.75, 3.05) is 5.32 Å². The number of carbonyl (C=O) groups is 2. The zero-order chi connectivity index (χ0) is 26.2. The van der Waals surface area contributed by atoms with E-state index in [9.17, 15) is 14.0 Å². The van der Waals surface area contributed by atoms with E-state index in [2.05, 4.69) is 15.8 Å². The van der Waals surface area contributed by atoms with Crippen LogP contribution >= 0.6 is 58.0 Å². The lowest BCUT2D eigenvalue weighted by Gasteiger charge is -2.09. The Kier molecular flexibility index (Phi) is 7.83. The summed E-state index contributed by atoms with van der Waals surface area (Å²) >= 11 is 31.1. The number of halogens is 6. The maximum atomic E-state index is 13.9. The molecule has 2 amide bonds. The Morgan fingerprint density at radius 3 is 2.39 bits per heavy atom. The van der Waals surface area contributed by atoms with Crippen molar-refractivity contribution in [2.45, 2.75) is 17.2 Å². The van der Waals surface area contributed by atoms with Gasteiger partial charge in [0.1, 0.15) is 10.2 Å². The minimum Gasteiger partial charge on any atom is -0.326 e. The lowest BCUT2D eigenvalue weighted by molar-refractivity contribution is -0.117. The van der Waals surface area contributed by atoms with Gasteiger partial charge in [-0.05, 0) is 61.0 Å². The molecule has 0 heterocycles. The standard InChI is InChI=1S/C25H17Cl5FN3O2/c1-12-2-5-20(31)14(6-12)11-32-34-23(35)18-10-17(3-4-19(18)28)33-24(36)22-21(25(22,29)30)13-7-15(26)9-16(27)8-13/h2-11,21-22H,1H3,(H,33,36)(H,34,35)/b32-11+. The molecule has 2 unspecified atom stereocenters. The number of hydrazone groups is 1. The molecule has 36 heavy (non-hydrogen) atoms. The number of rotatable bonds is 6. The van der Waals surface area contributed by atoms with Gasteiger partial charge in [-0.2, -0.15) is 5.10 Å². The third-order valence-electron chi connectivity index (χ3n) is 5.58. The predicted molar refractivity (Wildman–Crippen MR) is 143 cm³/mol. The molecule has 186 valence electrons. The number of anilines is 1. The van der Waals surface area contributed by atoms with Crippen molar-refractivity contribution in [3.05, 3.63) is 97.7 Å². The molecular weight excluding hydrogens is 571 g/mol. The van der Waals surface area contributed by atoms with Gasteiger partial charge in [0.15, 0.2) is 0 Å². The fourth-order valence-corrected chi connectivity index (χ4v) is 5.38. The molecule has 0 radical (unpaired) electrons. The van der Waals surface area contributed by atoms with Crippen molar-refractivity contribution in [2.24, 2.45) is 11.0 Å². The van der Waals surface area contributed by atoms with E-state index in [1.807, 2.05) is 0 Å². The van der Waals surface area contributed by atoms with Gasteiger partial charge in [0.05, 0.1) is 22.7 Å². The lowest BCUT2D eigenvalue weighted by atomic mass is 10.1. The lowest BCUT2D eigenvalue weighted by Crippen LogP contribution is -2.20. The van der Waals surface area contributed by atoms with E-state index in [1.165, 1.54) is 30.5 Å². The Morgan fingerprint density at radius 2 is 1.69 bits per heavy atom. The van der Waals surface area contributed by atoms with E-state index in [0.717, 1.165) is 5.56 Å². The van der Waals surface area contributed by atoms with Crippen LogP contribution in [-0.2, 0) is 4.79 Å². The first kappa shape index (κ1) is 26.7. The molecule has 2 atom stereocenters. The smallest absolute Gasteiger partial charge is 0.272 e. The number of nitrogens with one attached hydrogen (secondary N) is 2. The van der Waals surface area contributed by atoms with Gasteiger partial charge in [0.2, 0.25) is 5.91 Å². The van der Waals surface area contributed by atoms with Crippen molar-refractivity contribution >= 4 is 81.7 Å². The molecule has 1 aliphatic rings. The van der Waals surface area contributed by atoms with E-state index in [4.69, 9.17) is 58.0 Å². The molecule has 3 aromatic carbocycles. The van der Waals surface area contributed by atoms with Crippen molar-refractivity contribution < 1.29 is 14.0 Å². The number of amides is 2. The highest BCUT2D eigenvalue weighted by atomic mass is 35.5. The van der Waals surface area contributed by atoms with Gasteiger partial charge < -0.3 is 5.32 Å². The van der Waals surface area contributed by atoms with E-state index in [0.29, 0.717) is 21.3 Å². The second-order valence-electron chi connectivity index (χ2n) is 8.24. The largest absolute Gasteiger partial charge is 0.326 e. The molecule has 0 spiro atoms. The van der Waals surface area contributed by atoms with Gasteiger partial charge >= 0.3 is 0 Å². The summed E-state index contributed by atoms with van der Waals surface area (Å²) in [6.07, 6.45) is 1.19. The molecule has 0 aromatic heterocycles. The highest BCUT2D eigenvalue weighted by Crippen LogP contribution is 2.65. The SMILES string of the molecule is Cc1ccc(F)c(/C=N/NC(=O)c2cc(NC(=O)C3C(c4cc(Cl)cc(Cl)c4)C3(Cl)Cl)ccc2Cl)c1. The van der Waals surface area contributed by atoms with E-state index in [-0.39, 0.29) is 16.1 Å². The fourth-order valence-electron chi connectivity index (χ4n) is 3.80. The Bertz CT molecular complexity index is 1380. The monoisotopic (exact) mass is 585 g/mol. The van der Waals surface area contributed by atoms with Gasteiger partial charge in [0.25, 0.3) is 5.91 Å². The van der Waals surface area contributed by atoms with Crippen LogP contribution < -0.4 is 10.7 Å². The number of alkyl halides is 2. The molecule has 1 fully saturated rings. The maximum absolute atomic E-state index is 13.9. The average molecular weight is 588 g/mol. The molecule has 1 aliphatic carbocycles. The Labute approximate surface area is 231 Å². The Balaban J connectivity index is 1.46. The number of aryl methyl sites for hydroxylation is 1. The number of benzene rings is 3. The second-order valence-corrected chi connectivity index (χ2v) is 11.0. The fraction of sp³-hybridized carbons (Fsp3) is 0.160. The first-order valence-electron chi connectivity index (χ1n) is 10.5. The van der Waals surface area contributed by atoms with Crippen LogP contribution in [0.15, 0.2) is 59.7 Å². The van der Waals surface area contributed by atoms with Crippen LogP contribution in [0, 0.1) is 18.7 Å². The van der Waals surface area contributed by atoms with Crippen molar-refractivity contribution in [3.8, 4) is 0 Å². The highest BCUT2D eigenvalue weighted by Gasteiger charge is 2.67. The molecule has 1 saturated carbocycles. The Hall–Kier alpha value is -2.35. The summed E-state index contributed by atoms with van der Waals surface area (Å²) in [6, 6.07) is 13.8. The first-order chi connectivity index (χ1) is 17.0. The van der Waals surface area contributed by atoms with Gasteiger partial charge in [0, 0.05) is 27.2 Å². The molecule has 2 N–H and O–H groups in total. The summed E-state index contributed by atoms with van der Waals surface area (Å²) in [5.74, 6) is -2.89. The number of carbonyl (C=O) groups excluding carboxylic acids is 2. The third kappa shape index (κ3) is 5.79. The van der Waals surface area contributed by atoms with Crippen LogP contribution in [0.4, 0.5) is 10.1 Å². The van der Waals surface area contributed by atoms with E-state index in [1.54, 1.807) is 37.3 Å². The third-order valence-corrected chi connectivity index (χ3v) is 7.29. The minimum absolute atomic E-state index is 0.0494. The van der Waals surface area contributed by atoms with Gasteiger partial charge in [-0.3, -0.25) is 9.59 Å². The zero-order valence-corrected chi connectivity index (χ0v) is 22.2. The van der Waals surface area contributed by atoms with E-state index >= 15 is 0 Å². The molecule has 0 saturated heterocycles. The molecule has 0 bridgehead atoms. The van der Waals surface area contributed by atoms with Crippen LogP contribution in [0.2, 0.25) is 15.1 Å². The van der Waals surface area contributed by atoms with E-state index < -0.39 is 33.8 Å². The van der Waals surface area contributed by atoms with Crippen molar-refractivity contribution in [1.82, 2.24) is 5.43 Å². The summed E-state index contributed by atoms with van der Waals surface area (Å²) in [5.41, 5.74) is 4.33. The summed E-state index contributed by atoms with van der Waals surface area (Å²) in [6.45, 7) is 1.81. The Morgan fingerprint density at radius 1 is 1.00 bits per heavy atom. The number of hydrogen-bond acceptors (Lipinski definition) is 3.